The van der Waals surface area contributed by atoms with Gasteiger partial charge in [-0.05, 0) is 25.0 Å². The van der Waals surface area contributed by atoms with E-state index >= 15 is 0 Å². The molecule has 0 saturated carbocycles. The molecule has 5 nitrogen and oxygen atoms in total. The molecular formula is C17H21F3N2O3. The van der Waals surface area contributed by atoms with Crippen LogP contribution in [0.25, 0.3) is 0 Å². The van der Waals surface area contributed by atoms with Crippen LogP contribution in [0, 0.1) is 11.8 Å². The Balaban J connectivity index is 1.37. The molecule has 0 aliphatic carbocycles. The number of ether oxygens (including phenoxy) is 1. The summed E-state index contributed by atoms with van der Waals surface area (Å²) in [6.45, 7) is 1.64. The van der Waals surface area contributed by atoms with Gasteiger partial charge < -0.3 is 14.5 Å². The number of rotatable bonds is 5. The molecular weight excluding hydrogens is 337 g/mol. The Bertz CT molecular complexity index is 634. The van der Waals surface area contributed by atoms with Gasteiger partial charge in [-0.2, -0.15) is 13.2 Å². The normalized spacial score (nSPS) is 34.4. The average molecular weight is 358 g/mol. The Hall–Kier alpha value is -1.54. The molecule has 0 aromatic carbocycles. The molecule has 3 aliphatic heterocycles. The van der Waals surface area contributed by atoms with Gasteiger partial charge in [0.1, 0.15) is 0 Å². The van der Waals surface area contributed by atoms with Gasteiger partial charge in [-0.25, -0.2) is 0 Å². The van der Waals surface area contributed by atoms with E-state index in [0.29, 0.717) is 19.6 Å². The second kappa shape index (κ2) is 6.02. The molecule has 3 saturated heterocycles. The van der Waals surface area contributed by atoms with Crippen LogP contribution in [0.4, 0.5) is 13.2 Å². The fourth-order valence-electron chi connectivity index (χ4n) is 4.72. The van der Waals surface area contributed by atoms with E-state index in [-0.39, 0.29) is 41.8 Å². The molecule has 4 rings (SSSR count). The lowest BCUT2D eigenvalue weighted by molar-refractivity contribution is -0.138. The molecule has 1 amide bonds. The second-order valence-corrected chi connectivity index (χ2v) is 7.32. The third kappa shape index (κ3) is 3.17. The van der Waals surface area contributed by atoms with Gasteiger partial charge in [0.2, 0.25) is 0 Å². The zero-order chi connectivity index (χ0) is 17.7. The molecule has 138 valence electrons. The van der Waals surface area contributed by atoms with Gasteiger partial charge in [-0.15, -0.1) is 0 Å². The Morgan fingerprint density at radius 3 is 3.00 bits per heavy atom. The molecule has 0 unspecified atom stereocenters. The highest BCUT2D eigenvalue weighted by Gasteiger charge is 2.62. The van der Waals surface area contributed by atoms with Gasteiger partial charge in [0.15, 0.2) is 5.76 Å². The van der Waals surface area contributed by atoms with E-state index in [2.05, 4.69) is 5.32 Å². The lowest BCUT2D eigenvalue weighted by Gasteiger charge is -2.29. The summed E-state index contributed by atoms with van der Waals surface area (Å²) >= 11 is 0. The fraction of sp³-hybridized carbons (Fsp3) is 0.706. The van der Waals surface area contributed by atoms with Crippen molar-refractivity contribution in [3.63, 3.8) is 0 Å². The quantitative estimate of drug-likeness (QED) is 0.879. The first-order valence-electron chi connectivity index (χ1n) is 8.65. The number of carbonyl (C=O) groups excluding carboxylic acids is 1. The predicted molar refractivity (Wildman–Crippen MR) is 82.0 cm³/mol. The molecule has 25 heavy (non-hydrogen) atoms. The highest BCUT2D eigenvalue weighted by molar-refractivity contribution is 5.91. The lowest BCUT2D eigenvalue weighted by Crippen LogP contribution is -2.41. The van der Waals surface area contributed by atoms with Crippen molar-refractivity contribution in [3.05, 3.63) is 24.2 Å². The number of furan rings is 1. The number of nitrogens with zero attached hydrogens (tertiary/aromatic N) is 1. The van der Waals surface area contributed by atoms with Crippen LogP contribution in [0.3, 0.4) is 0 Å². The largest absolute Gasteiger partial charge is 0.459 e. The van der Waals surface area contributed by atoms with Gasteiger partial charge >= 0.3 is 6.18 Å². The molecule has 1 N–H and O–H groups in total. The Morgan fingerprint density at radius 1 is 1.44 bits per heavy atom. The third-order valence-electron chi connectivity index (χ3n) is 5.81. The van der Waals surface area contributed by atoms with Gasteiger partial charge in [-0.1, -0.05) is 0 Å². The van der Waals surface area contributed by atoms with Crippen LogP contribution in [0.15, 0.2) is 22.8 Å². The molecule has 8 heteroatoms. The summed E-state index contributed by atoms with van der Waals surface area (Å²) in [7, 11) is 0. The van der Waals surface area contributed by atoms with Crippen LogP contribution in [0.2, 0.25) is 0 Å². The molecule has 0 radical (unpaired) electrons. The molecule has 1 spiro atoms. The lowest BCUT2D eigenvalue weighted by atomic mass is 9.73. The number of alkyl halides is 3. The molecule has 3 aliphatic rings. The molecule has 4 heterocycles. The first-order valence-corrected chi connectivity index (χ1v) is 8.65. The van der Waals surface area contributed by atoms with Crippen molar-refractivity contribution < 1.29 is 27.1 Å². The van der Waals surface area contributed by atoms with E-state index < -0.39 is 12.6 Å². The smallest absolute Gasteiger partial charge is 0.390 e. The van der Waals surface area contributed by atoms with Gasteiger partial charge in [0.05, 0.1) is 24.4 Å². The molecule has 3 fully saturated rings. The van der Waals surface area contributed by atoms with Crippen molar-refractivity contribution in [2.75, 3.05) is 26.2 Å². The van der Waals surface area contributed by atoms with E-state index in [0.717, 1.165) is 12.8 Å². The zero-order valence-electron chi connectivity index (χ0n) is 13.7. The van der Waals surface area contributed by atoms with Gasteiger partial charge in [0, 0.05) is 38.0 Å². The van der Waals surface area contributed by atoms with Crippen LogP contribution < -0.4 is 5.32 Å². The van der Waals surface area contributed by atoms with Crippen LogP contribution in [0.1, 0.15) is 29.8 Å². The summed E-state index contributed by atoms with van der Waals surface area (Å²) in [5, 5.41) is 2.88. The van der Waals surface area contributed by atoms with E-state index in [1.165, 1.54) is 6.26 Å². The number of nitrogens with one attached hydrogen (secondary N) is 1. The topological polar surface area (TPSA) is 54.7 Å². The highest BCUT2D eigenvalue weighted by atomic mass is 19.4. The summed E-state index contributed by atoms with van der Waals surface area (Å²) < 4.78 is 48.7. The average Bonchev–Trinajstić information content (AvgIpc) is 3.29. The summed E-state index contributed by atoms with van der Waals surface area (Å²) in [5.41, 5.74) is -0.323. The SMILES string of the molecule is O=C(NC[C@H]1[C@H]2CN(CCC(F)(F)F)C[C@]23CC[C@H]1O3)c1ccco1. The van der Waals surface area contributed by atoms with Crippen LogP contribution in [0.5, 0.6) is 0 Å². The fourth-order valence-corrected chi connectivity index (χ4v) is 4.72. The first-order chi connectivity index (χ1) is 11.9. The first kappa shape index (κ1) is 16.9. The summed E-state index contributed by atoms with van der Waals surface area (Å²) in [6.07, 6.45) is -1.59. The number of halogens is 3. The third-order valence-corrected chi connectivity index (χ3v) is 5.81. The molecule has 2 bridgehead atoms. The maximum absolute atomic E-state index is 12.5. The van der Waals surface area contributed by atoms with E-state index in [4.69, 9.17) is 9.15 Å². The number of hydrogen-bond acceptors (Lipinski definition) is 4. The van der Waals surface area contributed by atoms with Gasteiger partial charge in [0.25, 0.3) is 5.91 Å². The van der Waals surface area contributed by atoms with E-state index in [9.17, 15) is 18.0 Å². The number of amides is 1. The number of hydrogen-bond donors (Lipinski definition) is 1. The van der Waals surface area contributed by atoms with E-state index in [1.54, 1.807) is 12.1 Å². The maximum Gasteiger partial charge on any atom is 0.390 e. The van der Waals surface area contributed by atoms with Crippen molar-refractivity contribution in [2.24, 2.45) is 11.8 Å². The molecule has 1 aromatic rings. The van der Waals surface area contributed by atoms with Crippen LogP contribution in [-0.4, -0.2) is 54.9 Å². The highest BCUT2D eigenvalue weighted by Crippen LogP contribution is 2.54. The standard InChI is InChI=1S/C17H21F3N2O3/c18-17(19,20)5-6-22-9-12-11(13-3-4-16(12,10-22)25-13)8-21-15(23)14-2-1-7-24-14/h1-2,7,11-13H,3-6,8-10H2,(H,21,23)/t11-,12+,13+,16+/m0/s1. The Morgan fingerprint density at radius 2 is 2.28 bits per heavy atom. The number of likely N-dealkylation sites (tertiary alicyclic amines) is 1. The molecule has 1 aromatic heterocycles. The summed E-state index contributed by atoms with van der Waals surface area (Å²) in [4.78, 5) is 13.9. The van der Waals surface area contributed by atoms with Crippen molar-refractivity contribution in [1.82, 2.24) is 10.2 Å². The van der Waals surface area contributed by atoms with E-state index in [1.807, 2.05) is 4.90 Å². The summed E-state index contributed by atoms with van der Waals surface area (Å²) in [5.74, 6) is 0.311. The summed E-state index contributed by atoms with van der Waals surface area (Å²) in [6, 6.07) is 3.25. The zero-order valence-corrected chi connectivity index (χ0v) is 13.7. The Kier molecular flexibility index (Phi) is 4.07. The minimum absolute atomic E-state index is 0.0151. The van der Waals surface area contributed by atoms with Gasteiger partial charge in [-0.3, -0.25) is 9.69 Å². The molecule has 4 atom stereocenters. The number of carbonyl (C=O) groups is 1. The van der Waals surface area contributed by atoms with Crippen molar-refractivity contribution in [1.29, 1.82) is 0 Å². The van der Waals surface area contributed by atoms with Crippen molar-refractivity contribution in [2.45, 2.75) is 37.1 Å². The van der Waals surface area contributed by atoms with Crippen LogP contribution >= 0.6 is 0 Å². The van der Waals surface area contributed by atoms with Crippen LogP contribution in [-0.2, 0) is 4.74 Å². The minimum Gasteiger partial charge on any atom is -0.459 e. The Labute approximate surface area is 143 Å². The monoisotopic (exact) mass is 358 g/mol. The van der Waals surface area contributed by atoms with Crippen molar-refractivity contribution >= 4 is 5.91 Å². The number of fused-ring (bicyclic) bond motifs is 1. The maximum atomic E-state index is 12.5. The predicted octanol–water partition coefficient (Wildman–Crippen LogP) is 2.44. The minimum atomic E-state index is -4.13. The second-order valence-electron chi connectivity index (χ2n) is 7.32. The van der Waals surface area contributed by atoms with Crippen molar-refractivity contribution in [3.8, 4) is 0 Å².